The predicted molar refractivity (Wildman–Crippen MR) is 56.4 cm³/mol. The molecule has 1 aromatic heterocycles. The van der Waals surface area contributed by atoms with Crippen molar-refractivity contribution in [1.29, 1.82) is 0 Å². The van der Waals surface area contributed by atoms with E-state index in [1.165, 1.54) is 13.4 Å². The third kappa shape index (κ3) is 2.25. The van der Waals surface area contributed by atoms with Gasteiger partial charge in [0.05, 0.1) is 7.11 Å². The number of aromatic nitrogens is 2. The number of nitrogen functional groups attached to an aromatic ring is 1. The number of rotatable bonds is 4. The van der Waals surface area contributed by atoms with E-state index in [1.54, 1.807) is 0 Å². The van der Waals surface area contributed by atoms with Crippen LogP contribution in [-0.2, 0) is 0 Å². The van der Waals surface area contributed by atoms with Crippen molar-refractivity contribution in [1.82, 2.24) is 9.97 Å². The number of nitrogens with one attached hydrogen (secondary N) is 1. The van der Waals surface area contributed by atoms with Gasteiger partial charge in [-0.1, -0.05) is 6.92 Å². The van der Waals surface area contributed by atoms with E-state index in [0.717, 1.165) is 6.42 Å². The van der Waals surface area contributed by atoms with Crippen molar-refractivity contribution in [3.63, 3.8) is 0 Å². The Bertz CT molecular complexity index is 303. The molecule has 5 heteroatoms. The number of nitrogens with two attached hydrogens (primary N) is 1. The molecule has 1 unspecified atom stereocenters. The number of ether oxygens (including phenoxy) is 1. The van der Waals surface area contributed by atoms with Crippen LogP contribution in [0.3, 0.4) is 0 Å². The van der Waals surface area contributed by atoms with Crippen molar-refractivity contribution in [3.05, 3.63) is 6.33 Å². The molecule has 1 heterocycles. The van der Waals surface area contributed by atoms with E-state index in [-0.39, 0.29) is 0 Å². The molecule has 0 aliphatic rings. The summed E-state index contributed by atoms with van der Waals surface area (Å²) < 4.78 is 4.98. The zero-order valence-corrected chi connectivity index (χ0v) is 8.74. The number of anilines is 2. The molecule has 0 aliphatic carbocycles. The zero-order chi connectivity index (χ0) is 10.6. The highest BCUT2D eigenvalue weighted by molar-refractivity contribution is 5.66. The fourth-order valence-electron chi connectivity index (χ4n) is 0.993. The molecule has 0 radical (unpaired) electrons. The number of hydrogen-bond acceptors (Lipinski definition) is 5. The first kappa shape index (κ1) is 10.6. The van der Waals surface area contributed by atoms with Crippen LogP contribution in [0.5, 0.6) is 5.88 Å². The van der Waals surface area contributed by atoms with Crippen LogP contribution < -0.4 is 15.8 Å². The van der Waals surface area contributed by atoms with Gasteiger partial charge >= 0.3 is 0 Å². The fourth-order valence-corrected chi connectivity index (χ4v) is 0.993. The number of nitrogens with zero attached hydrogens (tertiary/aromatic N) is 2. The molecule has 0 saturated heterocycles. The lowest BCUT2D eigenvalue weighted by Crippen LogP contribution is -2.16. The first-order valence-electron chi connectivity index (χ1n) is 4.60. The molecular weight excluding hydrogens is 180 g/mol. The highest BCUT2D eigenvalue weighted by Gasteiger charge is 2.09. The normalized spacial score (nSPS) is 12.2. The highest BCUT2D eigenvalue weighted by atomic mass is 16.5. The first-order valence-corrected chi connectivity index (χ1v) is 4.60. The number of hydrogen-bond donors (Lipinski definition) is 2. The molecule has 0 aromatic carbocycles. The van der Waals surface area contributed by atoms with Crippen molar-refractivity contribution in [2.24, 2.45) is 0 Å². The predicted octanol–water partition coefficient (Wildman–Crippen LogP) is 1.28. The molecule has 0 saturated carbocycles. The molecule has 0 amide bonds. The molecule has 0 aliphatic heterocycles. The van der Waals surface area contributed by atoms with Crippen LogP contribution in [0, 0.1) is 0 Å². The Kier molecular flexibility index (Phi) is 3.50. The second-order valence-electron chi connectivity index (χ2n) is 3.10. The second-order valence-corrected chi connectivity index (χ2v) is 3.10. The molecule has 0 bridgehead atoms. The summed E-state index contributed by atoms with van der Waals surface area (Å²) >= 11 is 0. The van der Waals surface area contributed by atoms with Crippen LogP contribution in [0.2, 0.25) is 0 Å². The lowest BCUT2D eigenvalue weighted by Gasteiger charge is -2.14. The maximum Gasteiger partial charge on any atom is 0.242 e. The van der Waals surface area contributed by atoms with Gasteiger partial charge in [-0.3, -0.25) is 0 Å². The molecule has 1 atom stereocenters. The van der Waals surface area contributed by atoms with Gasteiger partial charge in [-0.2, -0.15) is 4.98 Å². The smallest absolute Gasteiger partial charge is 0.242 e. The van der Waals surface area contributed by atoms with E-state index in [2.05, 4.69) is 29.1 Å². The molecule has 3 N–H and O–H groups in total. The summed E-state index contributed by atoms with van der Waals surface area (Å²) in [7, 11) is 1.53. The standard InChI is InChI=1S/C9H16N4O/c1-4-6(2)13-8-7(10)9(14-3)12-5-11-8/h5-6H,4,10H2,1-3H3,(H,11,12,13). The van der Waals surface area contributed by atoms with E-state index in [0.29, 0.717) is 23.4 Å². The highest BCUT2D eigenvalue weighted by Crippen LogP contribution is 2.24. The maximum absolute atomic E-state index is 5.78. The van der Waals surface area contributed by atoms with E-state index in [1.807, 2.05) is 0 Å². The molecule has 5 nitrogen and oxygen atoms in total. The summed E-state index contributed by atoms with van der Waals surface area (Å²) in [5.41, 5.74) is 6.24. The van der Waals surface area contributed by atoms with Gasteiger partial charge in [0.1, 0.15) is 12.0 Å². The van der Waals surface area contributed by atoms with Gasteiger partial charge in [-0.15, -0.1) is 0 Å². The Morgan fingerprint density at radius 3 is 2.86 bits per heavy atom. The summed E-state index contributed by atoms with van der Waals surface area (Å²) in [4.78, 5) is 7.94. The minimum Gasteiger partial charge on any atom is -0.479 e. The summed E-state index contributed by atoms with van der Waals surface area (Å²) in [5.74, 6) is 1.04. The lowest BCUT2D eigenvalue weighted by atomic mass is 10.2. The van der Waals surface area contributed by atoms with Crippen molar-refractivity contribution >= 4 is 11.5 Å². The van der Waals surface area contributed by atoms with Gasteiger partial charge in [0.15, 0.2) is 5.82 Å². The maximum atomic E-state index is 5.78. The SMILES string of the molecule is CCC(C)Nc1ncnc(OC)c1N. The van der Waals surface area contributed by atoms with E-state index < -0.39 is 0 Å². The largest absolute Gasteiger partial charge is 0.479 e. The average Bonchev–Trinajstić information content (AvgIpc) is 2.21. The topological polar surface area (TPSA) is 73.1 Å². The van der Waals surface area contributed by atoms with E-state index >= 15 is 0 Å². The van der Waals surface area contributed by atoms with Crippen LogP contribution >= 0.6 is 0 Å². The van der Waals surface area contributed by atoms with E-state index in [9.17, 15) is 0 Å². The Hall–Kier alpha value is -1.52. The van der Waals surface area contributed by atoms with Gasteiger partial charge in [-0.25, -0.2) is 4.98 Å². The molecule has 1 rings (SSSR count). The van der Waals surface area contributed by atoms with Crippen LogP contribution in [0.1, 0.15) is 20.3 Å². The van der Waals surface area contributed by atoms with E-state index in [4.69, 9.17) is 10.5 Å². The molecule has 0 fully saturated rings. The van der Waals surface area contributed by atoms with Crippen molar-refractivity contribution in [2.75, 3.05) is 18.2 Å². The summed E-state index contributed by atoms with van der Waals surface area (Å²) in [6.07, 6.45) is 2.44. The molecule has 78 valence electrons. The summed E-state index contributed by atoms with van der Waals surface area (Å²) in [6, 6.07) is 0.330. The van der Waals surface area contributed by atoms with Crippen LogP contribution in [0.25, 0.3) is 0 Å². The monoisotopic (exact) mass is 196 g/mol. The van der Waals surface area contributed by atoms with Gasteiger partial charge in [0.25, 0.3) is 0 Å². The van der Waals surface area contributed by atoms with Gasteiger partial charge in [0, 0.05) is 6.04 Å². The van der Waals surface area contributed by atoms with Crippen LogP contribution in [0.4, 0.5) is 11.5 Å². The fraction of sp³-hybridized carbons (Fsp3) is 0.556. The second kappa shape index (κ2) is 4.64. The lowest BCUT2D eigenvalue weighted by molar-refractivity contribution is 0.399. The molecule has 1 aromatic rings. The quantitative estimate of drug-likeness (QED) is 0.758. The van der Waals surface area contributed by atoms with Crippen molar-refractivity contribution in [3.8, 4) is 5.88 Å². The third-order valence-electron chi connectivity index (χ3n) is 2.04. The minimum absolute atomic E-state index is 0.330. The van der Waals surface area contributed by atoms with Crippen LogP contribution in [-0.4, -0.2) is 23.1 Å². The van der Waals surface area contributed by atoms with Crippen LogP contribution in [0.15, 0.2) is 6.33 Å². The molecule has 14 heavy (non-hydrogen) atoms. The van der Waals surface area contributed by atoms with Crippen molar-refractivity contribution in [2.45, 2.75) is 26.3 Å². The van der Waals surface area contributed by atoms with Gasteiger partial charge < -0.3 is 15.8 Å². The minimum atomic E-state index is 0.330. The first-order chi connectivity index (χ1) is 6.69. The third-order valence-corrected chi connectivity index (χ3v) is 2.04. The van der Waals surface area contributed by atoms with Gasteiger partial charge in [0.2, 0.25) is 5.88 Å². The Balaban J connectivity index is 2.86. The summed E-state index contributed by atoms with van der Waals surface area (Å²) in [6.45, 7) is 4.15. The summed E-state index contributed by atoms with van der Waals surface area (Å²) in [5, 5.41) is 3.18. The Morgan fingerprint density at radius 1 is 1.57 bits per heavy atom. The van der Waals surface area contributed by atoms with Crippen molar-refractivity contribution < 1.29 is 4.74 Å². The average molecular weight is 196 g/mol. The number of methoxy groups -OCH3 is 1. The Labute approximate surface area is 83.7 Å². The Morgan fingerprint density at radius 2 is 2.29 bits per heavy atom. The molecular formula is C9H16N4O. The van der Waals surface area contributed by atoms with Gasteiger partial charge in [-0.05, 0) is 13.3 Å². The zero-order valence-electron chi connectivity index (χ0n) is 8.74. The molecule has 0 spiro atoms.